The second-order valence-electron chi connectivity index (χ2n) is 7.72. The van der Waals surface area contributed by atoms with Crippen LogP contribution >= 0.6 is 11.6 Å². The number of nitrogens with one attached hydrogen (secondary N) is 1. The standard InChI is InChI=1S/C21H25ClN4O2/c22-19-18(12-23-26(21(19)28)13-15-6-2-1-3-7-15)24-17-10-11-25(14-17)20(27)16-8-4-5-9-16/h1-3,6-7,12,16-17,24H,4-5,8-11,13-14H2. The minimum Gasteiger partial charge on any atom is -0.378 e. The summed E-state index contributed by atoms with van der Waals surface area (Å²) in [4.78, 5) is 27.1. The fourth-order valence-electron chi connectivity index (χ4n) is 4.16. The molecule has 1 aliphatic carbocycles. The molecule has 2 aromatic rings. The molecule has 1 aromatic heterocycles. The van der Waals surface area contributed by atoms with Gasteiger partial charge in [0.15, 0.2) is 0 Å². The third-order valence-corrected chi connectivity index (χ3v) is 6.09. The number of hydrogen-bond acceptors (Lipinski definition) is 4. The van der Waals surface area contributed by atoms with Gasteiger partial charge in [-0.25, -0.2) is 4.68 Å². The van der Waals surface area contributed by atoms with Gasteiger partial charge in [0.25, 0.3) is 5.56 Å². The topological polar surface area (TPSA) is 67.2 Å². The van der Waals surface area contributed by atoms with E-state index in [9.17, 15) is 9.59 Å². The van der Waals surface area contributed by atoms with Crippen LogP contribution in [0.3, 0.4) is 0 Å². The Bertz CT molecular complexity index is 893. The van der Waals surface area contributed by atoms with Crippen molar-refractivity contribution in [1.82, 2.24) is 14.7 Å². The molecule has 1 aromatic carbocycles. The van der Waals surface area contributed by atoms with Crippen LogP contribution < -0.4 is 10.9 Å². The number of benzene rings is 1. The average molecular weight is 401 g/mol. The highest BCUT2D eigenvalue weighted by atomic mass is 35.5. The van der Waals surface area contributed by atoms with Gasteiger partial charge >= 0.3 is 0 Å². The predicted octanol–water partition coefficient (Wildman–Crippen LogP) is 3.15. The lowest BCUT2D eigenvalue weighted by atomic mass is 10.1. The molecule has 1 saturated heterocycles. The Labute approximate surface area is 169 Å². The number of anilines is 1. The van der Waals surface area contributed by atoms with Crippen molar-refractivity contribution in [1.29, 1.82) is 0 Å². The van der Waals surface area contributed by atoms with Gasteiger partial charge in [-0.3, -0.25) is 9.59 Å². The molecule has 0 spiro atoms. The fourth-order valence-corrected chi connectivity index (χ4v) is 4.36. The molecule has 6 nitrogen and oxygen atoms in total. The summed E-state index contributed by atoms with van der Waals surface area (Å²) in [5.74, 6) is 0.482. The highest BCUT2D eigenvalue weighted by Crippen LogP contribution is 2.28. The molecule has 7 heteroatoms. The second kappa shape index (κ2) is 8.35. The maximum absolute atomic E-state index is 12.6. The van der Waals surface area contributed by atoms with Gasteiger partial charge in [-0.2, -0.15) is 5.10 Å². The van der Waals surface area contributed by atoms with Crippen LogP contribution in [0.2, 0.25) is 5.02 Å². The minimum absolute atomic E-state index is 0.0917. The second-order valence-corrected chi connectivity index (χ2v) is 8.09. The number of likely N-dealkylation sites (tertiary alicyclic amines) is 1. The molecular weight excluding hydrogens is 376 g/mol. The summed E-state index contributed by atoms with van der Waals surface area (Å²) in [6.45, 7) is 1.79. The molecule has 2 heterocycles. The van der Waals surface area contributed by atoms with Crippen LogP contribution in [0.25, 0.3) is 0 Å². The summed E-state index contributed by atoms with van der Waals surface area (Å²) >= 11 is 6.33. The van der Waals surface area contributed by atoms with Gasteiger partial charge in [-0.1, -0.05) is 54.8 Å². The summed E-state index contributed by atoms with van der Waals surface area (Å²) in [6, 6.07) is 9.77. The number of hydrogen-bond donors (Lipinski definition) is 1. The number of aromatic nitrogens is 2. The van der Waals surface area contributed by atoms with Crippen molar-refractivity contribution in [3.8, 4) is 0 Å². The Morgan fingerprint density at radius 2 is 1.93 bits per heavy atom. The molecule has 1 amide bonds. The van der Waals surface area contributed by atoms with E-state index in [-0.39, 0.29) is 28.4 Å². The average Bonchev–Trinajstić information content (AvgIpc) is 3.40. The fraction of sp³-hybridized carbons (Fsp3) is 0.476. The third-order valence-electron chi connectivity index (χ3n) is 5.72. The van der Waals surface area contributed by atoms with Crippen LogP contribution in [0.1, 0.15) is 37.7 Å². The SMILES string of the molecule is O=C(C1CCCC1)N1CCC(Nc2cnn(Cc3ccccc3)c(=O)c2Cl)C1. The van der Waals surface area contributed by atoms with E-state index in [0.29, 0.717) is 18.8 Å². The van der Waals surface area contributed by atoms with E-state index in [4.69, 9.17) is 11.6 Å². The van der Waals surface area contributed by atoms with Crippen LogP contribution in [-0.2, 0) is 11.3 Å². The lowest BCUT2D eigenvalue weighted by Crippen LogP contribution is -2.35. The molecule has 0 radical (unpaired) electrons. The van der Waals surface area contributed by atoms with Crippen molar-refractivity contribution in [2.75, 3.05) is 18.4 Å². The number of rotatable bonds is 5. The molecule has 148 valence electrons. The highest BCUT2D eigenvalue weighted by molar-refractivity contribution is 6.32. The van der Waals surface area contributed by atoms with E-state index in [1.165, 1.54) is 4.68 Å². The van der Waals surface area contributed by atoms with Crippen LogP contribution in [0.15, 0.2) is 41.3 Å². The van der Waals surface area contributed by atoms with Crippen LogP contribution in [-0.4, -0.2) is 39.7 Å². The van der Waals surface area contributed by atoms with E-state index >= 15 is 0 Å². The van der Waals surface area contributed by atoms with Gasteiger partial charge in [-0.15, -0.1) is 0 Å². The van der Waals surface area contributed by atoms with Crippen molar-refractivity contribution in [2.45, 2.75) is 44.7 Å². The zero-order valence-electron chi connectivity index (χ0n) is 15.8. The molecule has 0 bridgehead atoms. The van der Waals surface area contributed by atoms with Gasteiger partial charge in [0.2, 0.25) is 5.91 Å². The maximum Gasteiger partial charge on any atom is 0.287 e. The predicted molar refractivity (Wildman–Crippen MR) is 110 cm³/mol. The van der Waals surface area contributed by atoms with Crippen molar-refractivity contribution in [2.24, 2.45) is 5.92 Å². The molecule has 1 unspecified atom stereocenters. The summed E-state index contributed by atoms with van der Waals surface area (Å²) in [6.07, 6.45) is 6.81. The van der Waals surface area contributed by atoms with E-state index in [0.717, 1.165) is 44.2 Å². The third kappa shape index (κ3) is 4.07. The number of halogens is 1. The maximum atomic E-state index is 12.6. The first-order chi connectivity index (χ1) is 13.6. The Kier molecular flexibility index (Phi) is 5.67. The largest absolute Gasteiger partial charge is 0.378 e. The molecule has 1 saturated carbocycles. The van der Waals surface area contributed by atoms with Gasteiger partial charge in [0.05, 0.1) is 18.4 Å². The summed E-state index contributed by atoms with van der Waals surface area (Å²) in [5, 5.41) is 7.73. The molecule has 2 fully saturated rings. The lowest BCUT2D eigenvalue weighted by molar-refractivity contribution is -0.134. The lowest BCUT2D eigenvalue weighted by Gasteiger charge is -2.21. The number of carbonyl (C=O) groups is 1. The molecular formula is C21H25ClN4O2. The van der Waals surface area contributed by atoms with Gasteiger partial charge < -0.3 is 10.2 Å². The van der Waals surface area contributed by atoms with Crippen LogP contribution in [0, 0.1) is 5.92 Å². The number of carbonyl (C=O) groups excluding carboxylic acids is 1. The molecule has 4 rings (SSSR count). The van der Waals surface area contributed by atoms with Crippen molar-refractivity contribution >= 4 is 23.2 Å². The Hall–Kier alpha value is -2.34. The Morgan fingerprint density at radius 3 is 2.68 bits per heavy atom. The zero-order chi connectivity index (χ0) is 19.5. The van der Waals surface area contributed by atoms with E-state index in [1.807, 2.05) is 35.2 Å². The van der Waals surface area contributed by atoms with Gasteiger partial charge in [0.1, 0.15) is 5.02 Å². The summed E-state index contributed by atoms with van der Waals surface area (Å²) in [5.41, 5.74) is 1.22. The number of amides is 1. The van der Waals surface area contributed by atoms with E-state index in [1.54, 1.807) is 6.20 Å². The molecule has 2 aliphatic rings. The van der Waals surface area contributed by atoms with Crippen molar-refractivity contribution in [3.05, 3.63) is 57.5 Å². The Balaban J connectivity index is 1.40. The van der Waals surface area contributed by atoms with Crippen LogP contribution in [0.5, 0.6) is 0 Å². The highest BCUT2D eigenvalue weighted by Gasteiger charge is 2.32. The van der Waals surface area contributed by atoms with Crippen LogP contribution in [0.4, 0.5) is 5.69 Å². The quantitative estimate of drug-likeness (QED) is 0.837. The normalized spacial score (nSPS) is 19.9. The molecule has 28 heavy (non-hydrogen) atoms. The van der Waals surface area contributed by atoms with Crippen molar-refractivity contribution in [3.63, 3.8) is 0 Å². The summed E-state index contributed by atoms with van der Waals surface area (Å²) < 4.78 is 1.37. The first-order valence-electron chi connectivity index (χ1n) is 9.96. The minimum atomic E-state index is -0.313. The van der Waals surface area contributed by atoms with E-state index in [2.05, 4.69) is 10.4 Å². The molecule has 1 aliphatic heterocycles. The first kappa shape index (κ1) is 19.0. The molecule has 1 atom stereocenters. The first-order valence-corrected chi connectivity index (χ1v) is 10.3. The number of nitrogens with zero attached hydrogens (tertiary/aromatic N) is 3. The summed E-state index contributed by atoms with van der Waals surface area (Å²) in [7, 11) is 0. The smallest absolute Gasteiger partial charge is 0.287 e. The monoisotopic (exact) mass is 400 g/mol. The van der Waals surface area contributed by atoms with Crippen molar-refractivity contribution < 1.29 is 4.79 Å². The van der Waals surface area contributed by atoms with E-state index < -0.39 is 0 Å². The Morgan fingerprint density at radius 1 is 1.18 bits per heavy atom. The van der Waals surface area contributed by atoms with Gasteiger partial charge in [-0.05, 0) is 24.8 Å². The zero-order valence-corrected chi connectivity index (χ0v) is 16.6. The molecule has 1 N–H and O–H groups in total. The van der Waals surface area contributed by atoms with Gasteiger partial charge in [0, 0.05) is 25.0 Å².